The first-order valence-corrected chi connectivity index (χ1v) is 11.1. The molecule has 0 saturated carbocycles. The van der Waals surface area contributed by atoms with Crippen LogP contribution in [0.1, 0.15) is 23.5 Å². The third-order valence-corrected chi connectivity index (χ3v) is 6.30. The van der Waals surface area contributed by atoms with Crippen LogP contribution in [0.5, 0.6) is 40.2 Å². The highest BCUT2D eigenvalue weighted by Crippen LogP contribution is 2.49. The SMILES string of the molecule is COc1cc(OC)c([C@@H]2CC(=O)Oc3cc(O)c4c(=O)cc(-c5ccc(O)c(O)c5)oc4c32)cc1OC. The summed E-state index contributed by atoms with van der Waals surface area (Å²) in [7, 11) is 4.43. The van der Waals surface area contributed by atoms with Crippen molar-refractivity contribution >= 4 is 16.9 Å². The molecule has 0 spiro atoms. The molecule has 1 aromatic heterocycles. The zero-order chi connectivity index (χ0) is 26.4. The Labute approximate surface area is 209 Å². The minimum absolute atomic E-state index is 0.000553. The molecule has 0 fully saturated rings. The molecular formula is C27H22O10. The van der Waals surface area contributed by atoms with Gasteiger partial charge in [-0.15, -0.1) is 0 Å². The van der Waals surface area contributed by atoms with Gasteiger partial charge in [-0.2, -0.15) is 0 Å². The molecule has 37 heavy (non-hydrogen) atoms. The number of ether oxygens (including phenoxy) is 4. The van der Waals surface area contributed by atoms with Crippen LogP contribution >= 0.6 is 0 Å². The number of rotatable bonds is 5. The van der Waals surface area contributed by atoms with E-state index < -0.39 is 28.8 Å². The van der Waals surface area contributed by atoms with Crippen LogP contribution in [0, 0.1) is 0 Å². The Kier molecular flexibility index (Phi) is 5.79. The molecule has 3 aromatic carbocycles. The quantitative estimate of drug-likeness (QED) is 0.206. The van der Waals surface area contributed by atoms with Crippen molar-refractivity contribution in [3.8, 4) is 51.6 Å². The van der Waals surface area contributed by atoms with Crippen LogP contribution in [0.25, 0.3) is 22.3 Å². The van der Waals surface area contributed by atoms with Crippen molar-refractivity contribution in [3.05, 3.63) is 63.8 Å². The lowest BCUT2D eigenvalue weighted by atomic mass is 9.84. The van der Waals surface area contributed by atoms with Gasteiger partial charge in [-0.3, -0.25) is 9.59 Å². The molecular weight excluding hydrogens is 484 g/mol. The molecule has 0 unspecified atom stereocenters. The Morgan fingerprint density at radius 3 is 2.19 bits per heavy atom. The van der Waals surface area contributed by atoms with Crippen LogP contribution in [0.4, 0.5) is 0 Å². The lowest BCUT2D eigenvalue weighted by molar-refractivity contribution is -0.135. The summed E-state index contributed by atoms with van der Waals surface area (Å²) in [5, 5.41) is 30.2. The molecule has 0 saturated heterocycles. The van der Waals surface area contributed by atoms with Crippen LogP contribution in [0.3, 0.4) is 0 Å². The summed E-state index contributed by atoms with van der Waals surface area (Å²) in [6.45, 7) is 0. The van der Waals surface area contributed by atoms with Crippen molar-refractivity contribution in [1.29, 1.82) is 0 Å². The maximum atomic E-state index is 13.1. The molecule has 1 aliphatic heterocycles. The maximum absolute atomic E-state index is 13.1. The molecule has 0 amide bonds. The van der Waals surface area contributed by atoms with E-state index in [1.807, 2.05) is 0 Å². The van der Waals surface area contributed by atoms with Crippen molar-refractivity contribution in [2.75, 3.05) is 21.3 Å². The predicted molar refractivity (Wildman–Crippen MR) is 131 cm³/mol. The van der Waals surface area contributed by atoms with Crippen LogP contribution in [-0.4, -0.2) is 42.6 Å². The third-order valence-electron chi connectivity index (χ3n) is 6.30. The predicted octanol–water partition coefficient (Wildman–Crippen LogP) is 4.04. The summed E-state index contributed by atoms with van der Waals surface area (Å²) < 4.78 is 28.0. The molecule has 2 heterocycles. The zero-order valence-electron chi connectivity index (χ0n) is 20.0. The van der Waals surface area contributed by atoms with Gasteiger partial charge in [0.1, 0.15) is 34.0 Å². The lowest BCUT2D eigenvalue weighted by Crippen LogP contribution is -2.22. The average molecular weight is 506 g/mol. The van der Waals surface area contributed by atoms with Crippen molar-refractivity contribution in [2.24, 2.45) is 0 Å². The van der Waals surface area contributed by atoms with Gasteiger partial charge in [-0.05, 0) is 24.3 Å². The number of carbonyl (C=O) groups excluding carboxylic acids is 1. The summed E-state index contributed by atoms with van der Waals surface area (Å²) in [6, 6.07) is 9.62. The fourth-order valence-corrected chi connectivity index (χ4v) is 4.57. The number of esters is 1. The number of hydrogen-bond acceptors (Lipinski definition) is 10. The molecule has 0 bridgehead atoms. The first kappa shape index (κ1) is 23.9. The number of carbonyl (C=O) groups is 1. The molecule has 0 aliphatic carbocycles. The van der Waals surface area contributed by atoms with Gasteiger partial charge >= 0.3 is 5.97 Å². The van der Waals surface area contributed by atoms with Gasteiger partial charge in [0.25, 0.3) is 0 Å². The number of phenolic OH excluding ortho intramolecular Hbond substituents is 3. The summed E-state index contributed by atoms with van der Waals surface area (Å²) in [6.07, 6.45) is -0.118. The Morgan fingerprint density at radius 1 is 0.811 bits per heavy atom. The Hall–Kier alpha value is -4.86. The molecule has 190 valence electrons. The van der Waals surface area contributed by atoms with Gasteiger partial charge in [-0.1, -0.05) is 0 Å². The summed E-state index contributed by atoms with van der Waals surface area (Å²) >= 11 is 0. The van der Waals surface area contributed by atoms with Crippen molar-refractivity contribution in [2.45, 2.75) is 12.3 Å². The second kappa shape index (κ2) is 8.98. The average Bonchev–Trinajstić information content (AvgIpc) is 2.88. The second-order valence-electron chi connectivity index (χ2n) is 8.37. The normalized spacial score (nSPS) is 14.7. The highest BCUT2D eigenvalue weighted by molar-refractivity contribution is 5.93. The van der Waals surface area contributed by atoms with Gasteiger partial charge < -0.3 is 38.7 Å². The van der Waals surface area contributed by atoms with E-state index in [4.69, 9.17) is 23.4 Å². The summed E-state index contributed by atoms with van der Waals surface area (Å²) in [5.74, 6) is -1.14. The number of benzene rings is 3. The largest absolute Gasteiger partial charge is 0.507 e. The fourth-order valence-electron chi connectivity index (χ4n) is 4.57. The van der Waals surface area contributed by atoms with E-state index in [9.17, 15) is 24.9 Å². The summed E-state index contributed by atoms with van der Waals surface area (Å²) in [5.41, 5.74) is 0.637. The molecule has 3 N–H and O–H groups in total. The topological polar surface area (TPSA) is 145 Å². The van der Waals surface area contributed by atoms with Crippen molar-refractivity contribution in [1.82, 2.24) is 0 Å². The highest BCUT2D eigenvalue weighted by Gasteiger charge is 2.36. The number of fused-ring (bicyclic) bond motifs is 3. The minimum atomic E-state index is -0.708. The molecule has 0 radical (unpaired) electrons. The van der Waals surface area contributed by atoms with Gasteiger partial charge in [0.05, 0.1) is 27.8 Å². The van der Waals surface area contributed by atoms with E-state index in [2.05, 4.69) is 0 Å². The van der Waals surface area contributed by atoms with Gasteiger partial charge in [0, 0.05) is 40.8 Å². The van der Waals surface area contributed by atoms with E-state index in [1.54, 1.807) is 12.1 Å². The lowest BCUT2D eigenvalue weighted by Gasteiger charge is -2.27. The van der Waals surface area contributed by atoms with Gasteiger partial charge in [-0.25, -0.2) is 0 Å². The van der Waals surface area contributed by atoms with Crippen molar-refractivity contribution in [3.63, 3.8) is 0 Å². The number of aromatic hydroxyl groups is 3. The standard InChI is InChI=1S/C27H22O10/c1-33-20-11-22(35-3)21(34-2)7-13(20)14-8-24(32)36-23-10-18(31)26-17(30)9-19(37-27(26)25(14)23)12-4-5-15(28)16(29)6-12/h4-7,9-11,14,28-29,31H,8H2,1-3H3/t14-/m0/s1. The third kappa shape index (κ3) is 3.92. The highest BCUT2D eigenvalue weighted by atomic mass is 16.5. The van der Waals surface area contributed by atoms with Crippen LogP contribution in [0.15, 0.2) is 51.7 Å². The smallest absolute Gasteiger partial charge is 0.312 e. The van der Waals surface area contributed by atoms with E-state index in [1.165, 1.54) is 51.7 Å². The Bertz CT molecular complexity index is 1620. The molecule has 10 heteroatoms. The monoisotopic (exact) mass is 506 g/mol. The Morgan fingerprint density at radius 2 is 1.51 bits per heavy atom. The number of methoxy groups -OCH3 is 3. The Balaban J connectivity index is 1.83. The summed E-state index contributed by atoms with van der Waals surface area (Å²) in [4.78, 5) is 25.8. The molecule has 1 atom stereocenters. The molecule has 4 aromatic rings. The van der Waals surface area contributed by atoms with E-state index in [0.717, 1.165) is 0 Å². The maximum Gasteiger partial charge on any atom is 0.312 e. The second-order valence-corrected chi connectivity index (χ2v) is 8.37. The van der Waals surface area contributed by atoms with E-state index >= 15 is 0 Å². The first-order valence-electron chi connectivity index (χ1n) is 11.1. The van der Waals surface area contributed by atoms with Gasteiger partial charge in [0.2, 0.25) is 0 Å². The van der Waals surface area contributed by atoms with Crippen LogP contribution in [0.2, 0.25) is 0 Å². The molecule has 5 rings (SSSR count). The first-order chi connectivity index (χ1) is 17.7. The zero-order valence-corrected chi connectivity index (χ0v) is 20.0. The molecule has 10 nitrogen and oxygen atoms in total. The van der Waals surface area contributed by atoms with Crippen LogP contribution in [-0.2, 0) is 4.79 Å². The van der Waals surface area contributed by atoms with Gasteiger partial charge in [0.15, 0.2) is 28.4 Å². The minimum Gasteiger partial charge on any atom is -0.507 e. The van der Waals surface area contributed by atoms with Crippen molar-refractivity contribution < 1.29 is 43.5 Å². The van der Waals surface area contributed by atoms with Crippen LogP contribution < -0.4 is 24.4 Å². The fraction of sp³-hybridized carbons (Fsp3) is 0.185. The number of phenols is 3. The molecule has 1 aliphatic rings. The number of hydrogen-bond donors (Lipinski definition) is 3. The van der Waals surface area contributed by atoms with E-state index in [-0.39, 0.29) is 34.6 Å². The van der Waals surface area contributed by atoms with E-state index in [0.29, 0.717) is 33.9 Å².